The van der Waals surface area contributed by atoms with Gasteiger partial charge < -0.3 is 15.2 Å². The molecule has 3 N–H and O–H groups in total. The van der Waals surface area contributed by atoms with Crippen molar-refractivity contribution in [3.05, 3.63) is 87.8 Å². The summed E-state index contributed by atoms with van der Waals surface area (Å²) >= 11 is 0. The third kappa shape index (κ3) is 4.76. The van der Waals surface area contributed by atoms with Gasteiger partial charge in [-0.2, -0.15) is 4.98 Å². The zero-order valence-electron chi connectivity index (χ0n) is 24.0. The van der Waals surface area contributed by atoms with Crippen LogP contribution in [0.4, 0.5) is 11.6 Å². The molecule has 8 rings (SSSR count). The Morgan fingerprint density at radius 1 is 1.00 bits per heavy atom. The number of nitrogens with one attached hydrogen (secondary N) is 3. The van der Waals surface area contributed by atoms with Crippen LogP contribution in [0.1, 0.15) is 47.7 Å². The van der Waals surface area contributed by atoms with Crippen LogP contribution in [0.5, 0.6) is 0 Å². The van der Waals surface area contributed by atoms with E-state index in [1.165, 1.54) is 49.9 Å². The van der Waals surface area contributed by atoms with Crippen LogP contribution in [0.25, 0.3) is 16.7 Å². The molecule has 4 aliphatic rings. The third-order valence-electron chi connectivity index (χ3n) is 9.70. The van der Waals surface area contributed by atoms with Gasteiger partial charge in [-0.15, -0.1) is 0 Å². The number of aromatic nitrogens is 3. The molecule has 0 saturated heterocycles. The molecule has 2 heterocycles. The SMILES string of the molecule is CCc1ccc(-n2cc(C(=O)NOC)c(=O)c3cnc(Nc4ccc(CCNC5C6CC7CC6CC75)cc4)nc32)cc1. The summed E-state index contributed by atoms with van der Waals surface area (Å²) < 4.78 is 1.74. The van der Waals surface area contributed by atoms with E-state index in [1.54, 1.807) is 4.57 Å². The number of rotatable bonds is 10. The molecule has 4 saturated carbocycles. The summed E-state index contributed by atoms with van der Waals surface area (Å²) in [5.74, 6) is 3.57. The van der Waals surface area contributed by atoms with Gasteiger partial charge in [-0.3, -0.25) is 14.4 Å². The number of nitrogens with zero attached hydrogens (tertiary/aromatic N) is 3. The summed E-state index contributed by atoms with van der Waals surface area (Å²) in [7, 11) is 1.33. The van der Waals surface area contributed by atoms with Gasteiger partial charge in [-0.1, -0.05) is 31.2 Å². The second-order valence-electron chi connectivity index (χ2n) is 11.9. The minimum absolute atomic E-state index is 0.0595. The number of hydroxylamine groups is 1. The average Bonchev–Trinajstić information content (AvgIpc) is 3.77. The van der Waals surface area contributed by atoms with Gasteiger partial charge in [-0.05, 0) is 97.7 Å². The molecule has 4 aliphatic carbocycles. The number of anilines is 2. The van der Waals surface area contributed by atoms with Crippen LogP contribution in [-0.4, -0.2) is 40.1 Å². The fourth-order valence-corrected chi connectivity index (χ4v) is 7.70. The molecule has 1 amide bonds. The Balaban J connectivity index is 1.10. The van der Waals surface area contributed by atoms with Crippen LogP contribution in [0, 0.1) is 23.7 Å². The molecule has 4 aromatic rings. The maximum Gasteiger partial charge on any atom is 0.280 e. The lowest BCUT2D eigenvalue weighted by Gasteiger charge is -2.22. The second kappa shape index (κ2) is 11.0. The minimum atomic E-state index is -0.631. The zero-order valence-corrected chi connectivity index (χ0v) is 24.0. The number of carbonyl (C=O) groups excluding carboxylic acids is 1. The molecule has 4 unspecified atom stereocenters. The monoisotopic (exact) mass is 564 g/mol. The summed E-state index contributed by atoms with van der Waals surface area (Å²) in [6.45, 7) is 3.10. The first kappa shape index (κ1) is 26.8. The molecule has 4 bridgehead atoms. The highest BCUT2D eigenvalue weighted by molar-refractivity contribution is 5.96. The Bertz CT molecular complexity index is 1670. The molecule has 0 aliphatic heterocycles. The average molecular weight is 565 g/mol. The third-order valence-corrected chi connectivity index (χ3v) is 9.70. The van der Waals surface area contributed by atoms with E-state index in [1.807, 2.05) is 36.4 Å². The summed E-state index contributed by atoms with van der Waals surface area (Å²) in [4.78, 5) is 39.7. The highest BCUT2D eigenvalue weighted by atomic mass is 16.6. The van der Waals surface area contributed by atoms with Crippen molar-refractivity contribution in [1.29, 1.82) is 0 Å². The van der Waals surface area contributed by atoms with Crippen molar-refractivity contribution in [2.24, 2.45) is 23.7 Å². The second-order valence-corrected chi connectivity index (χ2v) is 11.9. The quantitative estimate of drug-likeness (QED) is 0.242. The Morgan fingerprint density at radius 3 is 2.38 bits per heavy atom. The van der Waals surface area contributed by atoms with Gasteiger partial charge in [0.25, 0.3) is 5.91 Å². The Labute approximate surface area is 244 Å². The minimum Gasteiger partial charge on any atom is -0.324 e. The molecule has 2 aromatic carbocycles. The summed E-state index contributed by atoms with van der Waals surface area (Å²) in [5, 5.41) is 7.39. The van der Waals surface area contributed by atoms with Crippen molar-refractivity contribution in [2.75, 3.05) is 19.0 Å². The molecular formula is C33H36N6O3. The first-order chi connectivity index (χ1) is 20.5. The number of hydrogen-bond donors (Lipinski definition) is 3. The molecule has 216 valence electrons. The van der Waals surface area contributed by atoms with Gasteiger partial charge in [0.05, 0.1) is 12.5 Å². The predicted octanol–water partition coefficient (Wildman–Crippen LogP) is 4.55. The first-order valence-corrected chi connectivity index (χ1v) is 15.0. The van der Waals surface area contributed by atoms with Crippen LogP contribution in [-0.2, 0) is 17.7 Å². The Hall–Kier alpha value is -4.08. The Morgan fingerprint density at radius 2 is 1.71 bits per heavy atom. The van der Waals surface area contributed by atoms with Crippen molar-refractivity contribution < 1.29 is 9.63 Å². The number of amides is 1. The van der Waals surface area contributed by atoms with Crippen molar-refractivity contribution >= 4 is 28.6 Å². The number of fused-ring (bicyclic) bond motifs is 1. The lowest BCUT2D eigenvalue weighted by molar-refractivity contribution is 0.0536. The predicted molar refractivity (Wildman–Crippen MR) is 162 cm³/mol. The normalized spacial score (nSPS) is 23.6. The smallest absolute Gasteiger partial charge is 0.280 e. The van der Waals surface area contributed by atoms with Crippen LogP contribution in [0.3, 0.4) is 0 Å². The molecule has 4 atom stereocenters. The van der Waals surface area contributed by atoms with Crippen molar-refractivity contribution in [3.8, 4) is 5.69 Å². The number of benzene rings is 2. The molecule has 0 radical (unpaired) electrons. The highest BCUT2D eigenvalue weighted by Gasteiger charge is 2.59. The maximum absolute atomic E-state index is 13.2. The molecule has 42 heavy (non-hydrogen) atoms. The lowest BCUT2D eigenvalue weighted by Crippen LogP contribution is -2.37. The number of aryl methyl sites for hydroxylation is 1. The van der Waals surface area contributed by atoms with Gasteiger partial charge in [0.15, 0.2) is 5.65 Å². The van der Waals surface area contributed by atoms with E-state index in [2.05, 4.69) is 40.2 Å². The fourth-order valence-electron chi connectivity index (χ4n) is 7.70. The fraction of sp³-hybridized carbons (Fsp3) is 0.394. The van der Waals surface area contributed by atoms with E-state index in [9.17, 15) is 9.59 Å². The largest absolute Gasteiger partial charge is 0.324 e. The summed E-state index contributed by atoms with van der Waals surface area (Å²) in [6, 6.07) is 17.0. The van der Waals surface area contributed by atoms with Crippen molar-refractivity contribution in [1.82, 2.24) is 25.3 Å². The summed E-state index contributed by atoms with van der Waals surface area (Å²) in [6.07, 6.45) is 9.26. The standard InChI is InChI=1S/C33H36N6O3/c1-3-19-6-10-24(11-7-19)39-18-28(32(41)38-42-2)30(40)27-17-35-33(37-31(27)39)36-23-8-4-20(5-9-23)12-13-34-29-25-15-21-14-22(25)16-26(21)29/h4-11,17-18,21-22,25-26,29,34H,3,12-16H2,1-2H3,(H,38,41)(H,35,36,37). The highest BCUT2D eigenvalue weighted by Crippen LogP contribution is 2.62. The van der Waals surface area contributed by atoms with E-state index < -0.39 is 11.3 Å². The van der Waals surface area contributed by atoms with Crippen LogP contribution >= 0.6 is 0 Å². The number of hydrogen-bond acceptors (Lipinski definition) is 7. The molecule has 4 fully saturated rings. The molecular weight excluding hydrogens is 528 g/mol. The van der Waals surface area contributed by atoms with Gasteiger partial charge in [0, 0.05) is 29.8 Å². The topological polar surface area (TPSA) is 110 Å². The number of carbonyl (C=O) groups is 1. The van der Waals surface area contributed by atoms with Crippen LogP contribution in [0.2, 0.25) is 0 Å². The van der Waals surface area contributed by atoms with E-state index in [4.69, 9.17) is 9.82 Å². The van der Waals surface area contributed by atoms with E-state index in [0.29, 0.717) is 11.6 Å². The van der Waals surface area contributed by atoms with Crippen molar-refractivity contribution in [3.63, 3.8) is 0 Å². The zero-order chi connectivity index (χ0) is 28.8. The van der Waals surface area contributed by atoms with E-state index in [-0.39, 0.29) is 10.9 Å². The van der Waals surface area contributed by atoms with Crippen LogP contribution < -0.4 is 21.5 Å². The molecule has 0 spiro atoms. The van der Waals surface area contributed by atoms with Gasteiger partial charge in [0.2, 0.25) is 11.4 Å². The molecule has 9 heteroatoms. The van der Waals surface area contributed by atoms with E-state index >= 15 is 0 Å². The van der Waals surface area contributed by atoms with Gasteiger partial charge in [-0.25, -0.2) is 10.5 Å². The molecule has 2 aromatic heterocycles. The molecule has 9 nitrogen and oxygen atoms in total. The maximum atomic E-state index is 13.2. The van der Waals surface area contributed by atoms with E-state index in [0.717, 1.165) is 60.5 Å². The first-order valence-electron chi connectivity index (χ1n) is 15.0. The number of pyridine rings is 1. The lowest BCUT2D eigenvalue weighted by atomic mass is 9.95. The van der Waals surface area contributed by atoms with Crippen molar-refractivity contribution in [2.45, 2.75) is 45.1 Å². The van der Waals surface area contributed by atoms with Gasteiger partial charge >= 0.3 is 0 Å². The summed E-state index contributed by atoms with van der Waals surface area (Å²) in [5.41, 5.74) is 6.21. The van der Waals surface area contributed by atoms with Gasteiger partial charge in [0.1, 0.15) is 5.56 Å². The Kier molecular flexibility index (Phi) is 6.99. The van der Waals surface area contributed by atoms with Crippen LogP contribution in [0.15, 0.2) is 65.7 Å².